The molecule has 0 atom stereocenters. The topological polar surface area (TPSA) is 103 Å². The molecule has 0 amide bonds. The van der Waals surface area contributed by atoms with Crippen LogP contribution in [0.15, 0.2) is 35.6 Å². The first-order valence-corrected chi connectivity index (χ1v) is 8.81. The lowest BCUT2D eigenvalue weighted by molar-refractivity contribution is -0.0497. The van der Waals surface area contributed by atoms with E-state index in [4.69, 9.17) is 17.7 Å². The summed E-state index contributed by atoms with van der Waals surface area (Å²) in [5.74, 6) is -2.42. The molecular formula is C16H15F2N3O5S. The van der Waals surface area contributed by atoms with Crippen molar-refractivity contribution in [2.24, 2.45) is 0 Å². The minimum Gasteiger partial charge on any atom is -0.493 e. The number of hydrogen-bond acceptors (Lipinski definition) is 7. The fourth-order valence-electron chi connectivity index (χ4n) is 2.30. The van der Waals surface area contributed by atoms with E-state index in [1.807, 2.05) is 0 Å². The number of ether oxygens (including phenoxy) is 3. The van der Waals surface area contributed by atoms with Crippen LogP contribution in [0.5, 0.6) is 17.2 Å². The summed E-state index contributed by atoms with van der Waals surface area (Å²) in [7, 11) is -10.4. The number of rotatable bonds is 7. The number of hydrogen-bond donors (Lipinski definition) is 1. The molecule has 11 heteroatoms. The molecule has 144 valence electrons. The summed E-state index contributed by atoms with van der Waals surface area (Å²) >= 11 is 0. The number of imidazole rings is 1. The van der Waals surface area contributed by atoms with Gasteiger partial charge in [-0.3, -0.25) is 4.98 Å². The van der Waals surface area contributed by atoms with E-state index in [9.17, 15) is 17.2 Å². The van der Waals surface area contributed by atoms with Crippen LogP contribution >= 0.6 is 0 Å². The zero-order chi connectivity index (χ0) is 24.6. The number of aromatic nitrogens is 3. The number of H-pyrrole nitrogens is 1. The molecule has 0 aliphatic heterocycles. The van der Waals surface area contributed by atoms with Gasteiger partial charge in [0.05, 0.1) is 33.3 Å². The first-order valence-electron chi connectivity index (χ1n) is 10.2. The maximum absolute atomic E-state index is 12.9. The Hall–Kier alpha value is -2.95. The molecule has 1 aromatic carbocycles. The smallest absolute Gasteiger partial charge is 0.387 e. The minimum atomic E-state index is -4.33. The van der Waals surface area contributed by atoms with E-state index in [1.165, 1.54) is 12.1 Å². The van der Waals surface area contributed by atoms with E-state index < -0.39 is 58.6 Å². The number of benzene rings is 1. The lowest BCUT2D eigenvalue weighted by Crippen LogP contribution is -2.10. The third kappa shape index (κ3) is 3.92. The lowest BCUT2D eigenvalue weighted by Gasteiger charge is -2.11. The second-order valence-corrected chi connectivity index (χ2v) is 7.05. The van der Waals surface area contributed by atoms with Crippen molar-refractivity contribution in [3.63, 3.8) is 0 Å². The van der Waals surface area contributed by atoms with Gasteiger partial charge in [-0.05, 0) is 12.1 Å². The number of nitrogens with zero attached hydrogens (tertiary/aromatic N) is 2. The maximum atomic E-state index is 12.9. The predicted molar refractivity (Wildman–Crippen MR) is 91.0 cm³/mol. The third-order valence-electron chi connectivity index (χ3n) is 3.43. The van der Waals surface area contributed by atoms with Crippen molar-refractivity contribution in [1.29, 1.82) is 0 Å². The molecule has 27 heavy (non-hydrogen) atoms. The molecule has 0 spiro atoms. The molecule has 0 saturated carbocycles. The van der Waals surface area contributed by atoms with Gasteiger partial charge in [0, 0.05) is 18.3 Å². The van der Waals surface area contributed by atoms with Gasteiger partial charge in [-0.1, -0.05) is 0 Å². The van der Waals surface area contributed by atoms with Crippen LogP contribution in [0.4, 0.5) is 8.78 Å². The zero-order valence-corrected chi connectivity index (χ0v) is 14.1. The molecule has 3 aromatic rings. The van der Waals surface area contributed by atoms with Gasteiger partial charge in [0.1, 0.15) is 17.2 Å². The number of halogens is 2. The Bertz CT molecular complexity index is 1260. The van der Waals surface area contributed by atoms with Crippen molar-refractivity contribution in [3.8, 4) is 17.2 Å². The fraction of sp³-hybridized carbons (Fsp3) is 0.250. The van der Waals surface area contributed by atoms with Crippen molar-refractivity contribution in [1.82, 2.24) is 15.0 Å². The van der Waals surface area contributed by atoms with Gasteiger partial charge in [0.15, 0.2) is 11.5 Å². The van der Waals surface area contributed by atoms with Crippen LogP contribution < -0.4 is 14.2 Å². The minimum absolute atomic E-state index is 0.0816. The Morgan fingerprint density at radius 2 is 2.07 bits per heavy atom. The van der Waals surface area contributed by atoms with Gasteiger partial charge in [0.2, 0.25) is 15.0 Å². The number of sulfone groups is 1. The molecule has 0 saturated heterocycles. The van der Waals surface area contributed by atoms with Gasteiger partial charge < -0.3 is 19.2 Å². The Morgan fingerprint density at radius 3 is 2.81 bits per heavy atom. The van der Waals surface area contributed by atoms with Crippen molar-refractivity contribution in [2.45, 2.75) is 17.5 Å². The van der Waals surface area contributed by atoms with Crippen LogP contribution in [0, 0.1) is 0 Å². The van der Waals surface area contributed by atoms with E-state index in [2.05, 4.69) is 19.7 Å². The molecule has 0 bridgehead atoms. The molecular weight excluding hydrogens is 384 g/mol. The highest BCUT2D eigenvalue weighted by Crippen LogP contribution is 2.31. The highest BCUT2D eigenvalue weighted by atomic mass is 32.2. The summed E-state index contributed by atoms with van der Waals surface area (Å²) in [5.41, 5.74) is -0.241. The lowest BCUT2D eigenvalue weighted by atomic mass is 10.3. The molecule has 8 nitrogen and oxygen atoms in total. The highest BCUT2D eigenvalue weighted by molar-refractivity contribution is 7.90. The summed E-state index contributed by atoms with van der Waals surface area (Å²) in [6.45, 7) is -3.08. The van der Waals surface area contributed by atoms with Crippen molar-refractivity contribution in [3.05, 3.63) is 36.2 Å². The van der Waals surface area contributed by atoms with Gasteiger partial charge in [-0.15, -0.1) is 0 Å². The Labute approximate surface area is 161 Å². The number of nitrogens with one attached hydrogen (secondary N) is 1. The van der Waals surface area contributed by atoms with Crippen LogP contribution in [-0.4, -0.2) is 44.1 Å². The van der Waals surface area contributed by atoms with Gasteiger partial charge in [0.25, 0.3) is 0 Å². The average molecular weight is 405 g/mol. The Kier molecular flexibility index (Phi) is 3.39. The summed E-state index contributed by atoms with van der Waals surface area (Å²) in [4.78, 5) is 10.2. The molecule has 2 heterocycles. The van der Waals surface area contributed by atoms with Crippen LogP contribution in [0.3, 0.4) is 0 Å². The highest BCUT2D eigenvalue weighted by Gasteiger charge is 2.24. The van der Waals surface area contributed by atoms with Crippen LogP contribution in [0.25, 0.3) is 11.0 Å². The van der Waals surface area contributed by atoms with Crippen molar-refractivity contribution < 1.29 is 39.6 Å². The largest absolute Gasteiger partial charge is 0.493 e. The Balaban J connectivity index is 2.00. The molecule has 2 aromatic heterocycles. The van der Waals surface area contributed by atoms with Crippen molar-refractivity contribution >= 4 is 20.9 Å². The SMILES string of the molecule is [2H]C([2H])([2H])Oc1ccnc(CS(=O)(=O)c2nc3ccc(OC(F)F)cc3[nH]2)c1OC([2H])([2H])[2H]. The van der Waals surface area contributed by atoms with E-state index in [-0.39, 0.29) is 16.8 Å². The normalized spacial score (nSPS) is 16.0. The first-order chi connectivity index (χ1) is 15.1. The maximum Gasteiger partial charge on any atom is 0.387 e. The third-order valence-corrected chi connectivity index (χ3v) is 4.87. The standard InChI is InChI=1S/C16H15F2N3O5S/c1-24-13-5-6-19-12(14(13)25-2)8-27(22,23)16-20-10-4-3-9(26-15(17)18)7-11(10)21-16/h3-7,15H,8H2,1-2H3,(H,20,21)/i1D3,2D3. The second-order valence-electron chi connectivity index (χ2n) is 5.15. The number of pyridine rings is 1. The molecule has 0 unspecified atom stereocenters. The van der Waals surface area contributed by atoms with Crippen LogP contribution in [-0.2, 0) is 15.6 Å². The average Bonchev–Trinajstić information content (AvgIpc) is 3.06. The fourth-order valence-corrected chi connectivity index (χ4v) is 3.51. The van der Waals surface area contributed by atoms with Gasteiger partial charge in [-0.25, -0.2) is 13.4 Å². The molecule has 0 fully saturated rings. The van der Waals surface area contributed by atoms with E-state index in [1.54, 1.807) is 0 Å². The second kappa shape index (κ2) is 7.35. The number of alkyl halides is 2. The summed E-state index contributed by atoms with van der Waals surface area (Å²) in [6.07, 6.45) is 1.02. The van der Waals surface area contributed by atoms with E-state index in [0.29, 0.717) is 0 Å². The first kappa shape index (κ1) is 12.4. The number of methoxy groups -OCH3 is 2. The molecule has 0 aliphatic rings. The van der Waals surface area contributed by atoms with Gasteiger partial charge >= 0.3 is 6.61 Å². The molecule has 0 radical (unpaired) electrons. The van der Waals surface area contributed by atoms with Gasteiger partial charge in [-0.2, -0.15) is 8.78 Å². The predicted octanol–water partition coefficient (Wildman–Crippen LogP) is 2.55. The van der Waals surface area contributed by atoms with Crippen molar-refractivity contribution in [2.75, 3.05) is 14.1 Å². The number of fused-ring (bicyclic) bond motifs is 1. The Morgan fingerprint density at radius 1 is 1.26 bits per heavy atom. The molecule has 0 aliphatic carbocycles. The zero-order valence-electron chi connectivity index (χ0n) is 19.3. The monoisotopic (exact) mass is 405 g/mol. The summed E-state index contributed by atoms with van der Waals surface area (Å²) in [6, 6.07) is 4.56. The molecule has 1 N–H and O–H groups in total. The quantitative estimate of drug-likeness (QED) is 0.644. The van der Waals surface area contributed by atoms with Crippen LogP contribution in [0.2, 0.25) is 0 Å². The molecule has 3 rings (SSSR count). The van der Waals surface area contributed by atoms with Crippen LogP contribution in [0.1, 0.15) is 13.9 Å². The summed E-state index contributed by atoms with van der Waals surface area (Å²) in [5, 5.41) is -0.574. The van der Waals surface area contributed by atoms with E-state index in [0.717, 1.165) is 18.3 Å². The summed E-state index contributed by atoms with van der Waals surface area (Å²) < 4.78 is 108. The number of aromatic amines is 1. The van der Waals surface area contributed by atoms with E-state index >= 15 is 0 Å².